The molecule has 1 atom stereocenters. The van der Waals surface area contributed by atoms with Crippen LogP contribution in [0.2, 0.25) is 0 Å². The number of nitrogens with zero attached hydrogens (tertiary/aromatic N) is 2. The first kappa shape index (κ1) is 15.5. The number of carbonyl (C=O) groups excluding carboxylic acids is 1. The summed E-state index contributed by atoms with van der Waals surface area (Å²) in [6.07, 6.45) is 4.77. The van der Waals surface area contributed by atoms with Gasteiger partial charge < -0.3 is 18.8 Å². The number of carbonyl (C=O) groups is 1. The van der Waals surface area contributed by atoms with E-state index in [1.807, 2.05) is 19.2 Å². The van der Waals surface area contributed by atoms with Crippen LogP contribution in [0.25, 0.3) is 0 Å². The topological polar surface area (TPSA) is 55.2 Å². The summed E-state index contributed by atoms with van der Waals surface area (Å²) in [6, 6.07) is 3.91. The molecule has 2 aliphatic heterocycles. The lowest BCUT2D eigenvalue weighted by atomic mass is 10.0. The van der Waals surface area contributed by atoms with Crippen LogP contribution in [-0.4, -0.2) is 61.4 Å². The molecule has 6 nitrogen and oxygen atoms in total. The van der Waals surface area contributed by atoms with Crippen LogP contribution in [0.15, 0.2) is 22.8 Å². The molecule has 2 aliphatic rings. The van der Waals surface area contributed by atoms with Crippen molar-refractivity contribution in [1.29, 1.82) is 0 Å². The fourth-order valence-corrected chi connectivity index (χ4v) is 3.14. The van der Waals surface area contributed by atoms with Gasteiger partial charge in [0.1, 0.15) is 5.76 Å². The number of hydrogen-bond acceptors (Lipinski definition) is 5. The molecule has 22 heavy (non-hydrogen) atoms. The van der Waals surface area contributed by atoms with Gasteiger partial charge in [0, 0.05) is 7.05 Å². The number of ether oxygens (including phenoxy) is 2. The Kier molecular flexibility index (Phi) is 5.12. The van der Waals surface area contributed by atoms with Gasteiger partial charge in [-0.15, -0.1) is 0 Å². The summed E-state index contributed by atoms with van der Waals surface area (Å²) in [5.41, 5.74) is 0. The summed E-state index contributed by atoms with van der Waals surface area (Å²) in [5.74, 6) is 0.898. The molecule has 3 heterocycles. The third kappa shape index (κ3) is 3.69. The van der Waals surface area contributed by atoms with Crippen molar-refractivity contribution in [2.75, 3.05) is 33.4 Å². The van der Waals surface area contributed by atoms with Gasteiger partial charge in [0.25, 0.3) is 0 Å². The highest BCUT2D eigenvalue weighted by Gasteiger charge is 2.34. The fraction of sp³-hybridized carbons (Fsp3) is 0.688. The van der Waals surface area contributed by atoms with Gasteiger partial charge >= 0.3 is 0 Å². The highest BCUT2D eigenvalue weighted by molar-refractivity contribution is 5.78. The van der Waals surface area contributed by atoms with Gasteiger partial charge in [-0.25, -0.2) is 0 Å². The Hall–Kier alpha value is -1.37. The largest absolute Gasteiger partial charge is 0.467 e. The maximum Gasteiger partial charge on any atom is 0.236 e. The van der Waals surface area contributed by atoms with E-state index in [1.54, 1.807) is 11.2 Å². The van der Waals surface area contributed by atoms with Gasteiger partial charge in [0.2, 0.25) is 5.91 Å². The van der Waals surface area contributed by atoms with E-state index in [9.17, 15) is 4.79 Å². The molecule has 2 fully saturated rings. The Labute approximate surface area is 131 Å². The van der Waals surface area contributed by atoms with Crippen LogP contribution >= 0.6 is 0 Å². The molecule has 2 saturated heterocycles. The van der Waals surface area contributed by atoms with E-state index in [4.69, 9.17) is 13.9 Å². The predicted octanol–water partition coefficient (Wildman–Crippen LogP) is 1.47. The average Bonchev–Trinajstić information content (AvgIpc) is 3.21. The summed E-state index contributed by atoms with van der Waals surface area (Å²) in [7, 11) is 1.81. The molecule has 122 valence electrons. The molecule has 3 rings (SSSR count). The van der Waals surface area contributed by atoms with E-state index in [-0.39, 0.29) is 18.2 Å². The lowest BCUT2D eigenvalue weighted by Crippen LogP contribution is -2.51. The molecule has 1 aromatic rings. The van der Waals surface area contributed by atoms with Gasteiger partial charge in [-0.1, -0.05) is 6.42 Å². The molecule has 1 unspecified atom stereocenters. The number of furan rings is 1. The van der Waals surface area contributed by atoms with Crippen LogP contribution in [0.3, 0.4) is 0 Å². The Morgan fingerprint density at radius 3 is 2.91 bits per heavy atom. The lowest BCUT2D eigenvalue weighted by molar-refractivity contribution is -0.139. The zero-order valence-electron chi connectivity index (χ0n) is 13.1. The molecule has 1 aromatic heterocycles. The van der Waals surface area contributed by atoms with Crippen LogP contribution in [0, 0.1) is 0 Å². The van der Waals surface area contributed by atoms with Crippen molar-refractivity contribution < 1.29 is 18.7 Å². The number of amides is 1. The predicted molar refractivity (Wildman–Crippen MR) is 80.1 cm³/mol. The fourth-order valence-electron chi connectivity index (χ4n) is 3.14. The van der Waals surface area contributed by atoms with Crippen molar-refractivity contribution in [2.45, 2.75) is 38.1 Å². The minimum Gasteiger partial charge on any atom is -0.467 e. The zero-order chi connectivity index (χ0) is 15.4. The SMILES string of the molecule is CN(Cc1ccco1)C(=O)CN1CCCCC1C1OCCO1. The van der Waals surface area contributed by atoms with Crippen molar-refractivity contribution in [2.24, 2.45) is 0 Å². The Morgan fingerprint density at radius 2 is 2.18 bits per heavy atom. The van der Waals surface area contributed by atoms with Crippen LogP contribution in [-0.2, 0) is 20.8 Å². The number of hydrogen-bond donors (Lipinski definition) is 0. The van der Waals surface area contributed by atoms with Gasteiger partial charge in [-0.05, 0) is 31.5 Å². The molecule has 0 aliphatic carbocycles. The molecule has 0 saturated carbocycles. The van der Waals surface area contributed by atoms with E-state index in [2.05, 4.69) is 4.90 Å². The number of piperidine rings is 1. The van der Waals surface area contributed by atoms with Crippen LogP contribution in [0.4, 0.5) is 0 Å². The summed E-state index contributed by atoms with van der Waals surface area (Å²) in [5, 5.41) is 0. The van der Waals surface area contributed by atoms with Crippen molar-refractivity contribution in [3.63, 3.8) is 0 Å². The summed E-state index contributed by atoms with van der Waals surface area (Å²) >= 11 is 0. The first-order chi connectivity index (χ1) is 10.7. The normalized spacial score (nSPS) is 23.8. The third-order valence-corrected chi connectivity index (χ3v) is 4.36. The first-order valence-electron chi connectivity index (χ1n) is 7.97. The molecule has 0 N–H and O–H groups in total. The first-order valence-corrected chi connectivity index (χ1v) is 7.97. The van der Waals surface area contributed by atoms with E-state index < -0.39 is 0 Å². The third-order valence-electron chi connectivity index (χ3n) is 4.36. The zero-order valence-corrected chi connectivity index (χ0v) is 13.1. The second-order valence-electron chi connectivity index (χ2n) is 5.97. The summed E-state index contributed by atoms with van der Waals surface area (Å²) in [4.78, 5) is 16.4. The molecular formula is C16H24N2O4. The Bertz CT molecular complexity index is 471. The van der Waals surface area contributed by atoms with Gasteiger partial charge in [-0.2, -0.15) is 0 Å². The highest BCUT2D eigenvalue weighted by atomic mass is 16.7. The molecule has 0 radical (unpaired) electrons. The second kappa shape index (κ2) is 7.26. The molecule has 0 aromatic carbocycles. The lowest BCUT2D eigenvalue weighted by Gasteiger charge is -2.38. The van der Waals surface area contributed by atoms with Gasteiger partial charge in [0.05, 0.1) is 38.6 Å². The van der Waals surface area contributed by atoms with Crippen LogP contribution in [0.5, 0.6) is 0 Å². The summed E-state index contributed by atoms with van der Waals surface area (Å²) in [6.45, 7) is 3.14. The number of likely N-dealkylation sites (tertiary alicyclic amines) is 1. The van der Waals surface area contributed by atoms with E-state index in [0.717, 1.165) is 25.1 Å². The Balaban J connectivity index is 1.56. The van der Waals surface area contributed by atoms with E-state index in [1.165, 1.54) is 6.42 Å². The smallest absolute Gasteiger partial charge is 0.236 e. The maximum atomic E-state index is 12.5. The number of likely N-dealkylation sites (N-methyl/N-ethyl adjacent to an activating group) is 1. The van der Waals surface area contributed by atoms with Crippen molar-refractivity contribution in [3.05, 3.63) is 24.2 Å². The molecular weight excluding hydrogens is 284 g/mol. The molecule has 0 bridgehead atoms. The minimum atomic E-state index is -0.177. The van der Waals surface area contributed by atoms with Crippen molar-refractivity contribution in [3.8, 4) is 0 Å². The monoisotopic (exact) mass is 308 g/mol. The van der Waals surface area contributed by atoms with Crippen LogP contribution < -0.4 is 0 Å². The maximum absolute atomic E-state index is 12.5. The van der Waals surface area contributed by atoms with E-state index in [0.29, 0.717) is 26.3 Å². The molecule has 1 amide bonds. The van der Waals surface area contributed by atoms with Crippen LogP contribution in [0.1, 0.15) is 25.0 Å². The molecule has 6 heteroatoms. The van der Waals surface area contributed by atoms with E-state index >= 15 is 0 Å². The summed E-state index contributed by atoms with van der Waals surface area (Å²) < 4.78 is 16.6. The standard InChI is InChI=1S/C16H24N2O4/c1-17(11-13-5-4-8-20-13)15(19)12-18-7-3-2-6-14(18)16-21-9-10-22-16/h4-5,8,14,16H,2-3,6-7,9-12H2,1H3. The Morgan fingerprint density at radius 1 is 1.36 bits per heavy atom. The van der Waals surface area contributed by atoms with Gasteiger partial charge in [0.15, 0.2) is 6.29 Å². The average molecular weight is 308 g/mol. The minimum absolute atomic E-state index is 0.0984. The van der Waals surface area contributed by atoms with Crippen molar-refractivity contribution in [1.82, 2.24) is 9.80 Å². The van der Waals surface area contributed by atoms with Crippen molar-refractivity contribution >= 4 is 5.91 Å². The number of rotatable bonds is 5. The highest BCUT2D eigenvalue weighted by Crippen LogP contribution is 2.24. The van der Waals surface area contributed by atoms with Gasteiger partial charge in [-0.3, -0.25) is 9.69 Å². The molecule has 0 spiro atoms. The second-order valence-corrected chi connectivity index (χ2v) is 5.97. The quantitative estimate of drug-likeness (QED) is 0.824.